The molecule has 1 unspecified atom stereocenters. The normalized spacial score (nSPS) is 18.2. The van der Waals surface area contributed by atoms with E-state index in [0.29, 0.717) is 28.1 Å². The summed E-state index contributed by atoms with van der Waals surface area (Å²) < 4.78 is 6.26. The van der Waals surface area contributed by atoms with Crippen molar-refractivity contribution in [3.05, 3.63) is 112 Å². The van der Waals surface area contributed by atoms with Gasteiger partial charge in [-0.2, -0.15) is 0 Å². The first kappa shape index (κ1) is 26.0. The maximum atomic E-state index is 11.9. The van der Waals surface area contributed by atoms with Crippen LogP contribution in [0.1, 0.15) is 44.6 Å². The molecule has 0 saturated heterocycles. The smallest absolute Gasteiger partial charge is 0.255 e. The van der Waals surface area contributed by atoms with Gasteiger partial charge in [-0.3, -0.25) is 4.79 Å². The minimum atomic E-state index is -0.130. The van der Waals surface area contributed by atoms with Crippen molar-refractivity contribution in [1.29, 1.82) is 0 Å². The van der Waals surface area contributed by atoms with Crippen LogP contribution in [0.5, 0.6) is 5.75 Å². The minimum absolute atomic E-state index is 0.130. The van der Waals surface area contributed by atoms with Crippen molar-refractivity contribution in [2.24, 2.45) is 5.92 Å². The topological polar surface area (TPSA) is 54.1 Å². The van der Waals surface area contributed by atoms with Crippen LogP contribution < -0.4 is 15.6 Å². The Bertz CT molecular complexity index is 1230. The summed E-state index contributed by atoms with van der Waals surface area (Å²) in [5, 5.41) is 5.70. The lowest BCUT2D eigenvalue weighted by molar-refractivity contribution is 0.116. The van der Waals surface area contributed by atoms with E-state index in [1.807, 2.05) is 48.5 Å². The second kappa shape index (κ2) is 13.3. The molecule has 0 amide bonds. The molecule has 36 heavy (non-hydrogen) atoms. The molecular formula is C31H35ClN2O2. The van der Waals surface area contributed by atoms with Gasteiger partial charge in [-0.1, -0.05) is 85.3 Å². The zero-order valence-electron chi connectivity index (χ0n) is 20.8. The number of aromatic nitrogens is 1. The van der Waals surface area contributed by atoms with Crippen LogP contribution in [-0.4, -0.2) is 17.1 Å². The van der Waals surface area contributed by atoms with E-state index in [1.54, 1.807) is 12.3 Å². The van der Waals surface area contributed by atoms with Crippen LogP contribution in [0.15, 0.2) is 95.9 Å². The molecule has 1 fully saturated rings. The number of ether oxygens (including phenoxy) is 1. The van der Waals surface area contributed by atoms with E-state index in [-0.39, 0.29) is 11.7 Å². The van der Waals surface area contributed by atoms with Crippen molar-refractivity contribution in [1.82, 2.24) is 10.3 Å². The summed E-state index contributed by atoms with van der Waals surface area (Å²) in [5.41, 5.74) is 1.20. The summed E-state index contributed by atoms with van der Waals surface area (Å²) in [7, 11) is 0. The van der Waals surface area contributed by atoms with Crippen molar-refractivity contribution >= 4 is 22.4 Å². The highest BCUT2D eigenvalue weighted by Crippen LogP contribution is 2.34. The summed E-state index contributed by atoms with van der Waals surface area (Å²) in [5.74, 6) is 1.34. The highest BCUT2D eigenvalue weighted by molar-refractivity contribution is 6.32. The average Bonchev–Trinajstić information content (AvgIpc) is 2.93. The van der Waals surface area contributed by atoms with Crippen LogP contribution in [0.2, 0.25) is 5.02 Å². The van der Waals surface area contributed by atoms with Crippen LogP contribution >= 0.6 is 11.6 Å². The first-order chi connectivity index (χ1) is 17.6. The predicted molar refractivity (Wildman–Crippen MR) is 150 cm³/mol. The monoisotopic (exact) mass is 502 g/mol. The van der Waals surface area contributed by atoms with E-state index < -0.39 is 0 Å². The molecule has 5 rings (SSSR count). The van der Waals surface area contributed by atoms with Gasteiger partial charge in [-0.25, -0.2) is 0 Å². The number of H-pyrrole nitrogens is 1. The second-order valence-electron chi connectivity index (χ2n) is 9.37. The molecule has 1 aliphatic rings. The lowest BCUT2D eigenvalue weighted by atomic mass is 9.81. The molecule has 1 aliphatic carbocycles. The zero-order chi connectivity index (χ0) is 25.2. The molecule has 0 bridgehead atoms. The van der Waals surface area contributed by atoms with Crippen LogP contribution in [0.4, 0.5) is 0 Å². The summed E-state index contributed by atoms with van der Waals surface area (Å²) in [6, 6.07) is 28.6. The van der Waals surface area contributed by atoms with E-state index in [0.717, 1.165) is 44.0 Å². The SMILES string of the molecule is CCC(NCc1ccccc1)C1CCC(Oc2cc3cc[nH]c(=O)c3cc2Cl)CC1.c1ccccc1. The number of rotatable bonds is 7. The van der Waals surface area contributed by atoms with Crippen molar-refractivity contribution in [3.63, 3.8) is 0 Å². The van der Waals surface area contributed by atoms with Crippen LogP contribution in [0.3, 0.4) is 0 Å². The van der Waals surface area contributed by atoms with Gasteiger partial charge in [0.2, 0.25) is 0 Å². The van der Waals surface area contributed by atoms with E-state index in [4.69, 9.17) is 16.3 Å². The number of hydrogen-bond donors (Lipinski definition) is 2. The second-order valence-corrected chi connectivity index (χ2v) is 9.77. The number of nitrogens with one attached hydrogen (secondary N) is 2. The Hall–Kier alpha value is -3.08. The van der Waals surface area contributed by atoms with E-state index in [2.05, 4.69) is 47.6 Å². The summed E-state index contributed by atoms with van der Waals surface area (Å²) in [4.78, 5) is 14.6. The van der Waals surface area contributed by atoms with Gasteiger partial charge in [-0.15, -0.1) is 0 Å². The fourth-order valence-corrected chi connectivity index (χ4v) is 5.15. The first-order valence-electron chi connectivity index (χ1n) is 12.9. The molecule has 0 aliphatic heterocycles. The van der Waals surface area contributed by atoms with Crippen LogP contribution in [0, 0.1) is 5.92 Å². The molecular weight excluding hydrogens is 468 g/mol. The largest absolute Gasteiger partial charge is 0.489 e. The van der Waals surface area contributed by atoms with E-state index in [9.17, 15) is 4.79 Å². The molecule has 3 aromatic carbocycles. The fraction of sp³-hybridized carbons (Fsp3) is 0.323. The first-order valence-corrected chi connectivity index (χ1v) is 13.3. The van der Waals surface area contributed by atoms with Crippen molar-refractivity contribution in [3.8, 4) is 5.75 Å². The predicted octanol–water partition coefficient (Wildman–Crippen LogP) is 7.37. The standard InChI is InChI=1S/C25H29ClN2O2.C6H6/c1-2-23(28-16-17-6-4-3-5-7-17)18-8-10-20(11-9-18)30-24-14-19-12-13-27-25(29)21(19)15-22(24)26;1-2-4-6-5-3-1/h3-7,12-15,18,20,23,28H,2,8-11,16H2,1H3,(H,27,29);1-6H. The Kier molecular flexibility index (Phi) is 9.60. The number of halogens is 1. The molecule has 5 heteroatoms. The number of benzene rings is 3. The molecule has 1 atom stereocenters. The Morgan fingerprint density at radius 1 is 0.944 bits per heavy atom. The van der Waals surface area contributed by atoms with E-state index >= 15 is 0 Å². The third-order valence-corrected chi connectivity index (χ3v) is 7.22. The van der Waals surface area contributed by atoms with Crippen molar-refractivity contribution in [2.75, 3.05) is 0 Å². The Labute approximate surface area is 218 Å². The van der Waals surface area contributed by atoms with Crippen molar-refractivity contribution < 1.29 is 4.74 Å². The summed E-state index contributed by atoms with van der Waals surface area (Å²) in [6.07, 6.45) is 7.31. The van der Waals surface area contributed by atoms with E-state index in [1.165, 1.54) is 5.56 Å². The van der Waals surface area contributed by atoms with Crippen LogP contribution in [-0.2, 0) is 6.54 Å². The van der Waals surface area contributed by atoms with Crippen molar-refractivity contribution in [2.45, 2.75) is 57.7 Å². The van der Waals surface area contributed by atoms with Gasteiger partial charge < -0.3 is 15.0 Å². The average molecular weight is 503 g/mol. The molecule has 2 N–H and O–H groups in total. The third kappa shape index (κ3) is 7.22. The lowest BCUT2D eigenvalue weighted by Gasteiger charge is -2.34. The molecule has 0 spiro atoms. The van der Waals surface area contributed by atoms with Gasteiger partial charge in [0.05, 0.1) is 11.1 Å². The van der Waals surface area contributed by atoms with Gasteiger partial charge >= 0.3 is 0 Å². The third-order valence-electron chi connectivity index (χ3n) is 6.93. The van der Waals surface area contributed by atoms with Gasteiger partial charge in [0.25, 0.3) is 5.56 Å². The molecule has 1 heterocycles. The minimum Gasteiger partial charge on any atom is -0.489 e. The number of hydrogen-bond acceptors (Lipinski definition) is 3. The quantitative estimate of drug-likeness (QED) is 0.277. The number of pyridine rings is 1. The zero-order valence-corrected chi connectivity index (χ0v) is 21.6. The summed E-state index contributed by atoms with van der Waals surface area (Å²) >= 11 is 6.41. The van der Waals surface area contributed by atoms with Gasteiger partial charge in [0.1, 0.15) is 5.75 Å². The molecule has 0 radical (unpaired) electrons. The van der Waals surface area contributed by atoms with Gasteiger partial charge in [-0.05, 0) is 67.2 Å². The molecule has 1 aromatic heterocycles. The Morgan fingerprint density at radius 3 is 2.22 bits per heavy atom. The number of aromatic amines is 1. The maximum absolute atomic E-state index is 11.9. The summed E-state index contributed by atoms with van der Waals surface area (Å²) in [6.45, 7) is 3.18. The van der Waals surface area contributed by atoms with Crippen LogP contribution in [0.25, 0.3) is 10.8 Å². The van der Waals surface area contributed by atoms with Gasteiger partial charge in [0, 0.05) is 24.2 Å². The fourth-order valence-electron chi connectivity index (χ4n) is 4.94. The molecule has 4 nitrogen and oxygen atoms in total. The molecule has 1 saturated carbocycles. The Balaban J connectivity index is 0.000000445. The maximum Gasteiger partial charge on any atom is 0.255 e. The molecule has 188 valence electrons. The Morgan fingerprint density at radius 2 is 1.58 bits per heavy atom. The lowest BCUT2D eigenvalue weighted by Crippen LogP contribution is -2.38. The molecule has 4 aromatic rings. The number of fused-ring (bicyclic) bond motifs is 1. The highest BCUT2D eigenvalue weighted by Gasteiger charge is 2.28. The highest BCUT2D eigenvalue weighted by atomic mass is 35.5. The van der Waals surface area contributed by atoms with Gasteiger partial charge in [0.15, 0.2) is 0 Å².